The predicted octanol–water partition coefficient (Wildman–Crippen LogP) is 2.63. The van der Waals surface area contributed by atoms with E-state index in [0.717, 1.165) is 0 Å². The van der Waals surface area contributed by atoms with Crippen LogP contribution in [0.1, 0.15) is 13.8 Å². The molecule has 0 radical (unpaired) electrons. The smallest absolute Gasteiger partial charge is 0.221 e. The second-order valence-electron chi connectivity index (χ2n) is 2.37. The van der Waals surface area contributed by atoms with Gasteiger partial charge in [0.25, 0.3) is 0 Å². The van der Waals surface area contributed by atoms with E-state index in [-0.39, 0.29) is 10.9 Å². The fourth-order valence-corrected chi connectivity index (χ4v) is 0.703. The first-order valence-electron chi connectivity index (χ1n) is 3.61. The van der Waals surface area contributed by atoms with E-state index in [1.807, 2.05) is 0 Å². The topological polar surface area (TPSA) is 29.1 Å². The molecule has 13 heavy (non-hydrogen) atoms. The van der Waals surface area contributed by atoms with Crippen molar-refractivity contribution < 1.29 is 9.18 Å². The largest absolute Gasteiger partial charge is 0.326 e. The van der Waals surface area contributed by atoms with Crippen molar-refractivity contribution in [2.75, 3.05) is 0 Å². The van der Waals surface area contributed by atoms with Gasteiger partial charge in [-0.3, -0.25) is 4.79 Å². The first-order chi connectivity index (χ1) is 5.97. The molecule has 0 aliphatic carbocycles. The number of carbonyl (C=O) groups is 1. The molecule has 0 aliphatic heterocycles. The number of hydrogen-bond acceptors (Lipinski definition) is 1. The zero-order valence-electron chi connectivity index (χ0n) is 7.53. The van der Waals surface area contributed by atoms with Crippen LogP contribution in [0.15, 0.2) is 35.3 Å². The first kappa shape index (κ1) is 11.9. The predicted molar refractivity (Wildman–Crippen MR) is 51.8 cm³/mol. The molecule has 0 atom stereocenters. The molecule has 0 fully saturated rings. The number of hydrogen-bond donors (Lipinski definition) is 1. The molecule has 1 amide bonds. The summed E-state index contributed by atoms with van der Waals surface area (Å²) in [7, 11) is 0. The normalized spacial score (nSPS) is 13.4. The Kier molecular flexibility index (Phi) is 5.07. The maximum absolute atomic E-state index is 12.5. The number of nitrogens with one attached hydrogen (secondary N) is 1. The lowest BCUT2D eigenvalue weighted by atomic mass is 10.3. The lowest BCUT2D eigenvalue weighted by molar-refractivity contribution is -0.118. The molecule has 0 aromatic rings. The number of halogens is 2. The van der Waals surface area contributed by atoms with Gasteiger partial charge in [0.05, 0.1) is 5.03 Å². The zero-order valence-corrected chi connectivity index (χ0v) is 8.28. The first-order valence-corrected chi connectivity index (χ1v) is 3.98. The standard InChI is InChI=1S/C9H11ClFNO/c1-4-8(12-7(3)13)5-9(10)6(2)11/h4-5H,1H2,2-3H3,(H,12,13)/b8-5+,9-6-. The molecule has 0 saturated heterocycles. The minimum atomic E-state index is -0.508. The molecular formula is C9H11ClFNO. The van der Waals surface area contributed by atoms with Crippen molar-refractivity contribution in [3.05, 3.63) is 35.3 Å². The van der Waals surface area contributed by atoms with Crippen LogP contribution in [0.3, 0.4) is 0 Å². The average Bonchev–Trinajstić information content (AvgIpc) is 2.02. The highest BCUT2D eigenvalue weighted by atomic mass is 35.5. The Morgan fingerprint density at radius 1 is 1.54 bits per heavy atom. The molecule has 0 heterocycles. The maximum atomic E-state index is 12.5. The molecule has 0 unspecified atom stereocenters. The molecule has 72 valence electrons. The van der Waals surface area contributed by atoms with Gasteiger partial charge in [0.15, 0.2) is 0 Å². The summed E-state index contributed by atoms with van der Waals surface area (Å²) in [4.78, 5) is 10.6. The third-order valence-electron chi connectivity index (χ3n) is 1.15. The summed E-state index contributed by atoms with van der Waals surface area (Å²) in [5.41, 5.74) is 0.370. The van der Waals surface area contributed by atoms with Crippen LogP contribution in [-0.2, 0) is 4.79 Å². The molecule has 0 aliphatic rings. The molecular weight excluding hydrogens is 193 g/mol. The van der Waals surface area contributed by atoms with Crippen molar-refractivity contribution in [3.63, 3.8) is 0 Å². The van der Waals surface area contributed by atoms with Gasteiger partial charge < -0.3 is 5.32 Å². The highest BCUT2D eigenvalue weighted by Crippen LogP contribution is 2.13. The van der Waals surface area contributed by atoms with Crippen molar-refractivity contribution in [2.45, 2.75) is 13.8 Å². The molecule has 0 bridgehead atoms. The van der Waals surface area contributed by atoms with Crippen LogP contribution in [0.5, 0.6) is 0 Å². The van der Waals surface area contributed by atoms with E-state index >= 15 is 0 Å². The molecule has 0 spiro atoms. The summed E-state index contributed by atoms with van der Waals surface area (Å²) in [6.45, 7) is 6.01. The monoisotopic (exact) mass is 203 g/mol. The minimum absolute atomic E-state index is 0.0522. The van der Waals surface area contributed by atoms with Gasteiger partial charge in [0, 0.05) is 12.6 Å². The fraction of sp³-hybridized carbons (Fsp3) is 0.222. The Morgan fingerprint density at radius 3 is 2.38 bits per heavy atom. The van der Waals surface area contributed by atoms with E-state index in [1.54, 1.807) is 0 Å². The van der Waals surface area contributed by atoms with Crippen molar-refractivity contribution in [1.29, 1.82) is 0 Å². The maximum Gasteiger partial charge on any atom is 0.221 e. The lowest BCUT2D eigenvalue weighted by Gasteiger charge is -2.01. The Hall–Kier alpha value is -1.09. The minimum Gasteiger partial charge on any atom is -0.326 e. The van der Waals surface area contributed by atoms with E-state index in [9.17, 15) is 9.18 Å². The third kappa shape index (κ3) is 5.20. The summed E-state index contributed by atoms with van der Waals surface area (Å²) in [5.74, 6) is -0.765. The van der Waals surface area contributed by atoms with Crippen LogP contribution >= 0.6 is 11.6 Å². The molecule has 2 nitrogen and oxygen atoms in total. The third-order valence-corrected chi connectivity index (χ3v) is 1.52. The Morgan fingerprint density at radius 2 is 2.08 bits per heavy atom. The van der Waals surface area contributed by atoms with Gasteiger partial charge >= 0.3 is 0 Å². The van der Waals surface area contributed by atoms with Crippen LogP contribution in [0, 0.1) is 0 Å². The highest BCUT2D eigenvalue weighted by Gasteiger charge is 1.98. The number of carbonyl (C=O) groups excluding carboxylic acids is 1. The van der Waals surface area contributed by atoms with Crippen LogP contribution < -0.4 is 5.32 Å². The van der Waals surface area contributed by atoms with Crippen molar-refractivity contribution in [2.24, 2.45) is 0 Å². The quantitative estimate of drug-likeness (QED) is 0.702. The van der Waals surface area contributed by atoms with Crippen molar-refractivity contribution >= 4 is 17.5 Å². The van der Waals surface area contributed by atoms with Crippen LogP contribution in [0.2, 0.25) is 0 Å². The van der Waals surface area contributed by atoms with Gasteiger partial charge in [0.1, 0.15) is 5.83 Å². The van der Waals surface area contributed by atoms with E-state index in [4.69, 9.17) is 11.6 Å². The molecule has 1 N–H and O–H groups in total. The lowest BCUT2D eigenvalue weighted by Crippen LogP contribution is -2.17. The molecule has 0 rings (SSSR count). The van der Waals surface area contributed by atoms with Gasteiger partial charge in [-0.15, -0.1) is 0 Å². The second-order valence-corrected chi connectivity index (χ2v) is 2.77. The van der Waals surface area contributed by atoms with Gasteiger partial charge in [-0.05, 0) is 19.1 Å². The Labute approximate surface area is 81.8 Å². The van der Waals surface area contributed by atoms with Crippen molar-refractivity contribution in [1.82, 2.24) is 5.32 Å². The molecule has 0 aromatic heterocycles. The molecule has 4 heteroatoms. The van der Waals surface area contributed by atoms with Gasteiger partial charge in [-0.25, -0.2) is 4.39 Å². The second kappa shape index (κ2) is 5.54. The number of allylic oxidation sites excluding steroid dienone is 4. The number of amides is 1. The summed E-state index contributed by atoms with van der Waals surface area (Å²) in [5, 5.41) is 2.38. The van der Waals surface area contributed by atoms with E-state index in [2.05, 4.69) is 11.9 Å². The summed E-state index contributed by atoms with van der Waals surface area (Å²) >= 11 is 5.50. The molecule has 0 saturated carbocycles. The average molecular weight is 204 g/mol. The molecule has 0 aromatic carbocycles. The Bertz CT molecular complexity index is 277. The summed E-state index contributed by atoms with van der Waals surface area (Å²) in [6.07, 6.45) is 2.68. The zero-order chi connectivity index (χ0) is 10.4. The van der Waals surface area contributed by atoms with E-state index in [0.29, 0.717) is 5.70 Å². The van der Waals surface area contributed by atoms with Crippen molar-refractivity contribution in [3.8, 4) is 0 Å². The number of rotatable bonds is 3. The Balaban J connectivity index is 4.67. The SMILES string of the molecule is C=C/C(=C\C(Cl)=C(/C)F)NC(C)=O. The van der Waals surface area contributed by atoms with Crippen LogP contribution in [0.4, 0.5) is 4.39 Å². The van der Waals surface area contributed by atoms with E-state index in [1.165, 1.54) is 26.0 Å². The fourth-order valence-electron chi connectivity index (χ4n) is 0.585. The van der Waals surface area contributed by atoms with Gasteiger partial charge in [0.2, 0.25) is 5.91 Å². The van der Waals surface area contributed by atoms with Crippen LogP contribution in [0.25, 0.3) is 0 Å². The summed E-state index contributed by atoms with van der Waals surface area (Å²) < 4.78 is 12.5. The summed E-state index contributed by atoms with van der Waals surface area (Å²) in [6, 6.07) is 0. The highest BCUT2D eigenvalue weighted by molar-refractivity contribution is 6.31. The van der Waals surface area contributed by atoms with Crippen LogP contribution in [-0.4, -0.2) is 5.91 Å². The van der Waals surface area contributed by atoms with Gasteiger partial charge in [-0.1, -0.05) is 18.2 Å². The van der Waals surface area contributed by atoms with E-state index < -0.39 is 5.83 Å². The van der Waals surface area contributed by atoms with Gasteiger partial charge in [-0.2, -0.15) is 0 Å².